The number of nitrogens with two attached hydrogens (primary N) is 1. The fourth-order valence-electron chi connectivity index (χ4n) is 2.76. The number of ether oxygens (including phenoxy) is 1. The van der Waals surface area contributed by atoms with Crippen molar-refractivity contribution in [3.8, 4) is 17.1 Å². The number of aromatic nitrogens is 2. The summed E-state index contributed by atoms with van der Waals surface area (Å²) in [5.41, 5.74) is 0.936. The lowest BCUT2D eigenvalue weighted by Gasteiger charge is -2.12. The molecule has 174 valence electrons. The van der Waals surface area contributed by atoms with Gasteiger partial charge < -0.3 is 10.1 Å². The van der Waals surface area contributed by atoms with E-state index in [4.69, 9.17) is 16.7 Å². The maximum atomic E-state index is 13.0. The number of hydrogen-bond donors (Lipinski definition) is 2. The SMILES string of the molecule is NS(=O)(=O)c1cc(NC(=O)Cc2ccccc2Cl)ccc1-c1cnc(OC(F)C(F)F)nc1. The molecule has 1 unspecified atom stereocenters. The number of alkyl halides is 3. The molecule has 0 spiro atoms. The fraction of sp³-hybridized carbons (Fsp3) is 0.150. The summed E-state index contributed by atoms with van der Waals surface area (Å²) in [6.45, 7) is 0. The van der Waals surface area contributed by atoms with Gasteiger partial charge in [-0.25, -0.2) is 32.3 Å². The number of carbonyl (C=O) groups excluding carboxylic acids is 1. The van der Waals surface area contributed by atoms with Gasteiger partial charge in [-0.2, -0.15) is 4.39 Å². The van der Waals surface area contributed by atoms with Crippen molar-refractivity contribution >= 4 is 33.2 Å². The monoisotopic (exact) mass is 500 g/mol. The molecular weight excluding hydrogens is 485 g/mol. The summed E-state index contributed by atoms with van der Waals surface area (Å²) in [5, 5.41) is 8.29. The van der Waals surface area contributed by atoms with E-state index >= 15 is 0 Å². The number of nitrogens with one attached hydrogen (secondary N) is 1. The van der Waals surface area contributed by atoms with Crippen LogP contribution in [0.15, 0.2) is 59.8 Å². The van der Waals surface area contributed by atoms with Crippen molar-refractivity contribution in [2.24, 2.45) is 5.14 Å². The molecule has 13 heteroatoms. The van der Waals surface area contributed by atoms with Crippen LogP contribution in [0.25, 0.3) is 11.1 Å². The zero-order valence-corrected chi connectivity index (χ0v) is 18.2. The number of anilines is 1. The molecule has 0 aliphatic heterocycles. The Labute approximate surface area is 191 Å². The Balaban J connectivity index is 1.84. The Hall–Kier alpha value is -3.22. The maximum Gasteiger partial charge on any atom is 0.319 e. The number of rotatable bonds is 8. The highest BCUT2D eigenvalue weighted by Gasteiger charge is 2.23. The molecule has 8 nitrogen and oxygen atoms in total. The van der Waals surface area contributed by atoms with Crippen molar-refractivity contribution in [2.45, 2.75) is 24.1 Å². The first-order chi connectivity index (χ1) is 15.5. The molecular formula is C20H16ClF3N4O4S. The first kappa shape index (κ1) is 24.4. The fourth-order valence-corrected chi connectivity index (χ4v) is 3.75. The smallest absolute Gasteiger partial charge is 0.319 e. The number of amides is 1. The van der Waals surface area contributed by atoms with Crippen molar-refractivity contribution < 1.29 is 31.1 Å². The van der Waals surface area contributed by atoms with Gasteiger partial charge >= 0.3 is 18.8 Å². The third kappa shape index (κ3) is 6.40. The van der Waals surface area contributed by atoms with E-state index in [1.807, 2.05) is 0 Å². The summed E-state index contributed by atoms with van der Waals surface area (Å²) < 4.78 is 66.0. The number of halogens is 4. The highest BCUT2D eigenvalue weighted by atomic mass is 35.5. The molecule has 33 heavy (non-hydrogen) atoms. The van der Waals surface area contributed by atoms with Gasteiger partial charge in [-0.3, -0.25) is 4.79 Å². The van der Waals surface area contributed by atoms with Gasteiger partial charge in [-0.1, -0.05) is 35.9 Å². The Kier molecular flexibility index (Phi) is 7.51. The van der Waals surface area contributed by atoms with E-state index in [0.29, 0.717) is 10.6 Å². The average Bonchev–Trinajstić information content (AvgIpc) is 2.75. The van der Waals surface area contributed by atoms with Crippen LogP contribution < -0.4 is 15.2 Å². The predicted molar refractivity (Wildman–Crippen MR) is 114 cm³/mol. The number of primary sulfonamides is 1. The third-order valence-electron chi connectivity index (χ3n) is 4.24. The van der Waals surface area contributed by atoms with Crippen LogP contribution in [-0.2, 0) is 21.2 Å². The highest BCUT2D eigenvalue weighted by molar-refractivity contribution is 7.89. The van der Waals surface area contributed by atoms with Crippen LogP contribution >= 0.6 is 11.6 Å². The van der Waals surface area contributed by atoms with E-state index in [9.17, 15) is 26.4 Å². The van der Waals surface area contributed by atoms with Crippen molar-refractivity contribution in [2.75, 3.05) is 5.32 Å². The molecule has 0 aliphatic carbocycles. The quantitative estimate of drug-likeness (QED) is 0.487. The Morgan fingerprint density at radius 1 is 1.12 bits per heavy atom. The third-order valence-corrected chi connectivity index (χ3v) is 5.56. The minimum atomic E-state index is -4.26. The summed E-state index contributed by atoms with van der Waals surface area (Å²) in [7, 11) is -4.26. The molecule has 0 aliphatic rings. The van der Waals surface area contributed by atoms with Crippen LogP contribution in [0.3, 0.4) is 0 Å². The van der Waals surface area contributed by atoms with Gasteiger partial charge in [-0.15, -0.1) is 0 Å². The maximum absolute atomic E-state index is 13.0. The lowest BCUT2D eigenvalue weighted by atomic mass is 10.1. The standard InChI is InChI=1S/C20H16ClF3N4O4S/c21-15-4-2-1-3-11(15)7-17(29)28-13-5-6-14(16(8-13)33(25,30)31)12-9-26-20(27-10-12)32-19(24)18(22)23/h1-6,8-10,18-19H,7H2,(H,28,29)(H2,25,30,31). The summed E-state index contributed by atoms with van der Waals surface area (Å²) in [6, 6.07) is 10.0. The zero-order chi connectivity index (χ0) is 24.2. The molecule has 0 fully saturated rings. The van der Waals surface area contributed by atoms with Gasteiger partial charge in [0.25, 0.3) is 0 Å². The molecule has 3 aromatic rings. The van der Waals surface area contributed by atoms with Crippen LogP contribution in [-0.4, -0.2) is 37.1 Å². The predicted octanol–water partition coefficient (Wildman–Crippen LogP) is 3.57. The van der Waals surface area contributed by atoms with Crippen molar-refractivity contribution in [1.29, 1.82) is 0 Å². The lowest BCUT2D eigenvalue weighted by Crippen LogP contribution is -2.20. The molecule has 2 aromatic carbocycles. The molecule has 3 N–H and O–H groups in total. The van der Waals surface area contributed by atoms with E-state index in [-0.39, 0.29) is 28.1 Å². The molecule has 0 bridgehead atoms. The lowest BCUT2D eigenvalue weighted by molar-refractivity contribution is -0.115. The van der Waals surface area contributed by atoms with E-state index < -0.39 is 34.7 Å². The van der Waals surface area contributed by atoms with Gasteiger partial charge in [-0.05, 0) is 23.8 Å². The zero-order valence-electron chi connectivity index (χ0n) is 16.6. The van der Waals surface area contributed by atoms with E-state index in [1.54, 1.807) is 24.3 Å². The number of nitrogens with zero attached hydrogens (tertiary/aromatic N) is 2. The van der Waals surface area contributed by atoms with Crippen LogP contribution in [0.1, 0.15) is 5.56 Å². The van der Waals surface area contributed by atoms with Gasteiger partial charge in [0, 0.05) is 34.2 Å². The van der Waals surface area contributed by atoms with Crippen molar-refractivity contribution in [3.63, 3.8) is 0 Å². The van der Waals surface area contributed by atoms with Crippen LogP contribution in [0.4, 0.5) is 18.9 Å². The second-order valence-corrected chi connectivity index (χ2v) is 8.57. The molecule has 0 saturated carbocycles. The first-order valence-corrected chi connectivity index (χ1v) is 11.1. The number of hydrogen-bond acceptors (Lipinski definition) is 6. The average molecular weight is 501 g/mol. The highest BCUT2D eigenvalue weighted by Crippen LogP contribution is 2.29. The van der Waals surface area contributed by atoms with Gasteiger partial charge in [0.05, 0.1) is 11.3 Å². The van der Waals surface area contributed by atoms with Crippen molar-refractivity contribution in [3.05, 3.63) is 65.4 Å². The van der Waals surface area contributed by atoms with Crippen LogP contribution in [0.5, 0.6) is 6.01 Å². The largest absolute Gasteiger partial charge is 0.422 e. The van der Waals surface area contributed by atoms with Crippen LogP contribution in [0, 0.1) is 0 Å². The second kappa shape index (κ2) is 10.1. The van der Waals surface area contributed by atoms with E-state index in [0.717, 1.165) is 18.5 Å². The Morgan fingerprint density at radius 2 is 1.79 bits per heavy atom. The summed E-state index contributed by atoms with van der Waals surface area (Å²) in [5.74, 6) is -0.444. The Bertz CT molecular complexity index is 1260. The second-order valence-electron chi connectivity index (χ2n) is 6.63. The molecule has 0 saturated heterocycles. The molecule has 1 aromatic heterocycles. The number of sulfonamides is 1. The van der Waals surface area contributed by atoms with E-state index in [1.165, 1.54) is 12.1 Å². The molecule has 0 radical (unpaired) electrons. The van der Waals surface area contributed by atoms with Gasteiger partial charge in [0.1, 0.15) is 0 Å². The molecule has 1 amide bonds. The minimum Gasteiger partial charge on any atom is -0.422 e. The van der Waals surface area contributed by atoms with Gasteiger partial charge in [0.2, 0.25) is 15.9 Å². The molecule has 3 rings (SSSR count). The van der Waals surface area contributed by atoms with Gasteiger partial charge in [0.15, 0.2) is 0 Å². The summed E-state index contributed by atoms with van der Waals surface area (Å²) >= 11 is 6.04. The molecule has 1 heterocycles. The topological polar surface area (TPSA) is 124 Å². The minimum absolute atomic E-state index is 0.0460. The summed E-state index contributed by atoms with van der Waals surface area (Å²) in [4.78, 5) is 19.2. The Morgan fingerprint density at radius 3 is 2.39 bits per heavy atom. The summed E-state index contributed by atoms with van der Waals surface area (Å²) in [6.07, 6.45) is -4.23. The number of carbonyl (C=O) groups is 1. The van der Waals surface area contributed by atoms with E-state index in [2.05, 4.69) is 20.0 Å². The van der Waals surface area contributed by atoms with Crippen molar-refractivity contribution in [1.82, 2.24) is 9.97 Å². The number of benzene rings is 2. The normalized spacial score (nSPS) is 12.4. The molecule has 1 atom stereocenters. The first-order valence-electron chi connectivity index (χ1n) is 9.16. The van der Waals surface area contributed by atoms with Crippen LogP contribution in [0.2, 0.25) is 5.02 Å².